The van der Waals surface area contributed by atoms with Crippen LogP contribution >= 0.6 is 0 Å². The van der Waals surface area contributed by atoms with Crippen LogP contribution in [0.4, 0.5) is 0 Å². The second-order valence-electron chi connectivity index (χ2n) is 7.01. The molecule has 1 amide bonds. The Balaban J connectivity index is 1.42. The lowest BCUT2D eigenvalue weighted by Crippen LogP contribution is -2.35. The number of rotatable bonds is 4. The maximum atomic E-state index is 12.6. The summed E-state index contributed by atoms with van der Waals surface area (Å²) in [5.74, 6) is -0.0136. The summed E-state index contributed by atoms with van der Waals surface area (Å²) in [4.78, 5) is 24.9. The average molecular weight is 370 g/mol. The van der Waals surface area contributed by atoms with Crippen LogP contribution in [0.2, 0.25) is 0 Å². The minimum absolute atomic E-state index is 0.0136. The molecule has 0 unspecified atom stereocenters. The van der Waals surface area contributed by atoms with E-state index in [-0.39, 0.29) is 5.91 Å². The van der Waals surface area contributed by atoms with Gasteiger partial charge in [-0.1, -0.05) is 0 Å². The zero-order valence-electron chi connectivity index (χ0n) is 15.8. The molecular formula is C19H26N6O2. The maximum absolute atomic E-state index is 12.6. The first kappa shape index (κ1) is 18.1. The zero-order chi connectivity index (χ0) is 18.6. The molecule has 0 radical (unpaired) electrons. The molecule has 4 heterocycles. The first-order chi connectivity index (χ1) is 13.3. The Morgan fingerprint density at radius 2 is 2.19 bits per heavy atom. The molecule has 4 rings (SSSR count). The molecule has 0 atom stereocenters. The molecule has 0 saturated carbocycles. The van der Waals surface area contributed by atoms with Crippen LogP contribution < -0.4 is 0 Å². The Labute approximate surface area is 159 Å². The number of ether oxygens (including phenoxy) is 1. The third-order valence-corrected chi connectivity index (χ3v) is 5.33. The normalized spacial score (nSPS) is 18.2. The van der Waals surface area contributed by atoms with Crippen LogP contribution in [-0.4, -0.2) is 68.2 Å². The summed E-state index contributed by atoms with van der Waals surface area (Å²) in [5.41, 5.74) is 4.18. The zero-order valence-corrected chi connectivity index (χ0v) is 15.8. The van der Waals surface area contributed by atoms with E-state index in [9.17, 15) is 4.79 Å². The van der Waals surface area contributed by atoms with Gasteiger partial charge in [0.15, 0.2) is 0 Å². The van der Waals surface area contributed by atoms with E-state index in [1.54, 1.807) is 12.3 Å². The lowest BCUT2D eigenvalue weighted by Gasteiger charge is -2.22. The van der Waals surface area contributed by atoms with Crippen LogP contribution in [0.1, 0.15) is 40.8 Å². The Bertz CT molecular complexity index is 791. The van der Waals surface area contributed by atoms with Gasteiger partial charge in [0.2, 0.25) is 0 Å². The van der Waals surface area contributed by atoms with E-state index in [0.29, 0.717) is 18.8 Å². The average Bonchev–Trinajstić information content (AvgIpc) is 2.90. The van der Waals surface area contributed by atoms with E-state index in [2.05, 4.69) is 26.5 Å². The fourth-order valence-electron chi connectivity index (χ4n) is 3.89. The largest absolute Gasteiger partial charge is 0.376 e. The number of carbonyl (C=O) groups excluding carboxylic acids is 1. The van der Waals surface area contributed by atoms with E-state index in [0.717, 1.165) is 57.9 Å². The Kier molecular flexibility index (Phi) is 5.45. The van der Waals surface area contributed by atoms with Gasteiger partial charge in [0.1, 0.15) is 12.0 Å². The highest BCUT2D eigenvalue weighted by molar-refractivity contribution is 5.92. The number of nitrogens with zero attached hydrogens (tertiary/aromatic N) is 6. The van der Waals surface area contributed by atoms with E-state index in [1.807, 2.05) is 4.90 Å². The molecule has 8 nitrogen and oxygen atoms in total. The Morgan fingerprint density at radius 3 is 3.00 bits per heavy atom. The van der Waals surface area contributed by atoms with Crippen LogP contribution in [0.5, 0.6) is 0 Å². The van der Waals surface area contributed by atoms with Crippen LogP contribution in [0.15, 0.2) is 18.6 Å². The molecule has 27 heavy (non-hydrogen) atoms. The van der Waals surface area contributed by atoms with Crippen molar-refractivity contribution in [1.29, 1.82) is 0 Å². The summed E-state index contributed by atoms with van der Waals surface area (Å²) in [6.07, 6.45) is 4.92. The number of aromatic nitrogens is 4. The monoisotopic (exact) mass is 370 g/mol. The lowest BCUT2D eigenvalue weighted by atomic mass is 10.1. The number of carbonyl (C=O) groups is 1. The van der Waals surface area contributed by atoms with Crippen molar-refractivity contribution in [3.05, 3.63) is 41.2 Å². The summed E-state index contributed by atoms with van der Waals surface area (Å²) >= 11 is 0. The molecule has 2 aromatic heterocycles. The molecule has 0 bridgehead atoms. The van der Waals surface area contributed by atoms with Gasteiger partial charge in [-0.3, -0.25) is 14.4 Å². The minimum atomic E-state index is -0.0136. The second kappa shape index (κ2) is 8.14. The van der Waals surface area contributed by atoms with Crippen molar-refractivity contribution in [3.63, 3.8) is 0 Å². The van der Waals surface area contributed by atoms with Crippen molar-refractivity contribution in [2.45, 2.75) is 39.5 Å². The highest BCUT2D eigenvalue weighted by Gasteiger charge is 2.25. The predicted molar refractivity (Wildman–Crippen MR) is 99.1 cm³/mol. The highest BCUT2D eigenvalue weighted by Crippen LogP contribution is 2.22. The number of aryl methyl sites for hydroxylation is 1. The molecule has 1 saturated heterocycles. The first-order valence-electron chi connectivity index (χ1n) is 9.69. The van der Waals surface area contributed by atoms with Gasteiger partial charge in [-0.15, -0.1) is 0 Å². The molecule has 8 heteroatoms. The van der Waals surface area contributed by atoms with Gasteiger partial charge in [-0.05, 0) is 19.4 Å². The van der Waals surface area contributed by atoms with E-state index >= 15 is 0 Å². The third-order valence-electron chi connectivity index (χ3n) is 5.33. The van der Waals surface area contributed by atoms with E-state index in [4.69, 9.17) is 9.84 Å². The van der Waals surface area contributed by atoms with Crippen LogP contribution in [0, 0.1) is 0 Å². The molecule has 0 spiro atoms. The van der Waals surface area contributed by atoms with Crippen molar-refractivity contribution in [3.8, 4) is 0 Å². The van der Waals surface area contributed by atoms with Crippen LogP contribution in [0.3, 0.4) is 0 Å². The van der Waals surface area contributed by atoms with Crippen LogP contribution in [0.25, 0.3) is 0 Å². The van der Waals surface area contributed by atoms with Crippen molar-refractivity contribution >= 4 is 5.91 Å². The van der Waals surface area contributed by atoms with E-state index in [1.165, 1.54) is 17.6 Å². The summed E-state index contributed by atoms with van der Waals surface area (Å²) in [6, 6.07) is 1.68. The molecule has 0 aromatic carbocycles. The topological polar surface area (TPSA) is 76.4 Å². The summed E-state index contributed by atoms with van der Waals surface area (Å²) < 4.78 is 7.79. The molecular weight excluding hydrogens is 344 g/mol. The van der Waals surface area contributed by atoms with Gasteiger partial charge >= 0.3 is 0 Å². The third kappa shape index (κ3) is 3.86. The summed E-state index contributed by atoms with van der Waals surface area (Å²) in [5, 5.41) is 4.83. The fourth-order valence-corrected chi connectivity index (χ4v) is 3.89. The van der Waals surface area contributed by atoms with E-state index < -0.39 is 0 Å². The first-order valence-corrected chi connectivity index (χ1v) is 9.69. The van der Waals surface area contributed by atoms with Crippen molar-refractivity contribution in [2.24, 2.45) is 0 Å². The van der Waals surface area contributed by atoms with Crippen molar-refractivity contribution < 1.29 is 9.53 Å². The molecule has 2 aliphatic rings. The number of hydrogen-bond acceptors (Lipinski definition) is 6. The van der Waals surface area contributed by atoms with Gasteiger partial charge in [-0.25, -0.2) is 9.97 Å². The number of amides is 1. The Morgan fingerprint density at radius 1 is 1.26 bits per heavy atom. The second-order valence-corrected chi connectivity index (χ2v) is 7.01. The van der Waals surface area contributed by atoms with Crippen molar-refractivity contribution in [1.82, 2.24) is 29.5 Å². The molecule has 0 N–H and O–H groups in total. The Hall–Kier alpha value is -2.32. The fraction of sp³-hybridized carbons (Fsp3) is 0.579. The van der Waals surface area contributed by atoms with Crippen LogP contribution in [-0.2, 0) is 30.9 Å². The lowest BCUT2D eigenvalue weighted by molar-refractivity contribution is 0.0755. The predicted octanol–water partition coefficient (Wildman–Crippen LogP) is 1.11. The van der Waals surface area contributed by atoms with Gasteiger partial charge in [-0.2, -0.15) is 5.10 Å². The number of fused-ring (bicyclic) bond motifs is 1. The van der Waals surface area contributed by atoms with Gasteiger partial charge < -0.3 is 9.64 Å². The smallest absolute Gasteiger partial charge is 0.272 e. The standard InChI is InChI=1S/C19H26N6O2/c1-2-25-18-5-11-27-13-15(18)17(22-25)12-23-7-3-8-24(10-9-23)19(26)16-4-6-20-14-21-16/h4,6,14H,2-3,5,7-13H2,1H3. The highest BCUT2D eigenvalue weighted by atomic mass is 16.5. The van der Waals surface area contributed by atoms with Gasteiger partial charge in [0.25, 0.3) is 5.91 Å². The van der Waals surface area contributed by atoms with Crippen molar-refractivity contribution in [2.75, 3.05) is 32.8 Å². The molecule has 2 aliphatic heterocycles. The molecule has 144 valence electrons. The maximum Gasteiger partial charge on any atom is 0.272 e. The summed E-state index contributed by atoms with van der Waals surface area (Å²) in [7, 11) is 0. The molecule has 2 aromatic rings. The minimum Gasteiger partial charge on any atom is -0.376 e. The summed E-state index contributed by atoms with van der Waals surface area (Å²) in [6.45, 7) is 8.54. The molecule has 0 aliphatic carbocycles. The molecule has 1 fully saturated rings. The SMILES string of the molecule is CCn1nc(CN2CCCN(C(=O)c3ccncn3)CC2)c2c1CCOC2. The number of hydrogen-bond donors (Lipinski definition) is 0. The van der Waals surface area contributed by atoms with Gasteiger partial charge in [0.05, 0.1) is 18.9 Å². The quantitative estimate of drug-likeness (QED) is 0.803. The van der Waals surface area contributed by atoms with Gasteiger partial charge in [0, 0.05) is 63.1 Å².